The third-order valence-corrected chi connectivity index (χ3v) is 2.53. The standard InChI is InChI=1S/C11H12N2O2/c1-13-6-8(10(12)11(14)15)7-4-2-3-5-9(7)13/h2-6,10H,12H2,1H3,(H,14,15)/t10-/m1/s1. The maximum absolute atomic E-state index is 10.8. The molecule has 0 unspecified atom stereocenters. The van der Waals surface area contributed by atoms with E-state index in [9.17, 15) is 4.79 Å². The van der Waals surface area contributed by atoms with Crippen LogP contribution in [0.3, 0.4) is 0 Å². The van der Waals surface area contributed by atoms with Crippen LogP contribution in [0.4, 0.5) is 0 Å². The van der Waals surface area contributed by atoms with Crippen LogP contribution in [-0.2, 0) is 11.8 Å². The normalized spacial score (nSPS) is 12.9. The van der Waals surface area contributed by atoms with Crippen LogP contribution in [0.2, 0.25) is 0 Å². The summed E-state index contributed by atoms with van der Waals surface area (Å²) in [6.07, 6.45) is 1.77. The summed E-state index contributed by atoms with van der Waals surface area (Å²) in [5.74, 6) is -1.01. The van der Waals surface area contributed by atoms with Crippen molar-refractivity contribution in [3.8, 4) is 0 Å². The van der Waals surface area contributed by atoms with Gasteiger partial charge in [-0.2, -0.15) is 0 Å². The van der Waals surface area contributed by atoms with Crippen molar-refractivity contribution < 1.29 is 9.90 Å². The summed E-state index contributed by atoms with van der Waals surface area (Å²) in [6, 6.07) is 6.65. The van der Waals surface area contributed by atoms with Crippen LogP contribution in [-0.4, -0.2) is 15.6 Å². The van der Waals surface area contributed by atoms with E-state index in [4.69, 9.17) is 10.8 Å². The van der Waals surface area contributed by atoms with Crippen molar-refractivity contribution in [2.45, 2.75) is 6.04 Å². The van der Waals surface area contributed by atoms with Gasteiger partial charge in [0.2, 0.25) is 0 Å². The number of aryl methyl sites for hydroxylation is 1. The number of carboxylic acid groups (broad SMARTS) is 1. The Kier molecular flexibility index (Phi) is 2.21. The Morgan fingerprint density at radius 3 is 2.80 bits per heavy atom. The zero-order valence-electron chi connectivity index (χ0n) is 8.34. The molecule has 0 amide bonds. The van der Waals surface area contributed by atoms with Crippen LogP contribution in [0.1, 0.15) is 11.6 Å². The van der Waals surface area contributed by atoms with Crippen LogP contribution in [0, 0.1) is 0 Å². The summed E-state index contributed by atoms with van der Waals surface area (Å²) in [5, 5.41) is 9.77. The number of para-hydroxylation sites is 1. The molecule has 4 nitrogen and oxygen atoms in total. The Balaban J connectivity index is 2.67. The van der Waals surface area contributed by atoms with Crippen molar-refractivity contribution in [1.82, 2.24) is 4.57 Å². The molecular weight excluding hydrogens is 192 g/mol. The minimum Gasteiger partial charge on any atom is -0.480 e. The molecule has 0 saturated carbocycles. The number of benzene rings is 1. The average molecular weight is 204 g/mol. The highest BCUT2D eigenvalue weighted by molar-refractivity contribution is 5.89. The second-order valence-corrected chi connectivity index (χ2v) is 3.53. The van der Waals surface area contributed by atoms with Crippen molar-refractivity contribution in [3.63, 3.8) is 0 Å². The number of nitrogens with zero attached hydrogens (tertiary/aromatic N) is 1. The number of carboxylic acids is 1. The minimum absolute atomic E-state index is 0.653. The number of carbonyl (C=O) groups is 1. The van der Waals surface area contributed by atoms with Gasteiger partial charge in [-0.3, -0.25) is 4.79 Å². The third kappa shape index (κ3) is 1.49. The summed E-state index contributed by atoms with van der Waals surface area (Å²) in [5.41, 5.74) is 7.25. The van der Waals surface area contributed by atoms with Crippen molar-refractivity contribution >= 4 is 16.9 Å². The van der Waals surface area contributed by atoms with Gasteiger partial charge in [0.25, 0.3) is 0 Å². The Morgan fingerprint density at radius 1 is 1.47 bits per heavy atom. The van der Waals surface area contributed by atoms with Crippen LogP contribution >= 0.6 is 0 Å². The molecule has 0 aliphatic heterocycles. The molecule has 78 valence electrons. The van der Waals surface area contributed by atoms with Gasteiger partial charge in [-0.25, -0.2) is 0 Å². The highest BCUT2D eigenvalue weighted by Gasteiger charge is 2.18. The van der Waals surface area contributed by atoms with E-state index < -0.39 is 12.0 Å². The first-order valence-corrected chi connectivity index (χ1v) is 4.63. The zero-order chi connectivity index (χ0) is 11.0. The zero-order valence-corrected chi connectivity index (χ0v) is 8.34. The first-order chi connectivity index (χ1) is 7.11. The van der Waals surface area contributed by atoms with E-state index in [1.165, 1.54) is 0 Å². The topological polar surface area (TPSA) is 68.2 Å². The fourth-order valence-electron chi connectivity index (χ4n) is 1.75. The largest absolute Gasteiger partial charge is 0.480 e. The Hall–Kier alpha value is -1.81. The molecule has 0 bridgehead atoms. The average Bonchev–Trinajstić information content (AvgIpc) is 2.56. The van der Waals surface area contributed by atoms with Crippen LogP contribution < -0.4 is 5.73 Å². The summed E-state index contributed by atoms with van der Waals surface area (Å²) in [7, 11) is 1.88. The smallest absolute Gasteiger partial charge is 0.325 e. The highest BCUT2D eigenvalue weighted by atomic mass is 16.4. The van der Waals surface area contributed by atoms with Gasteiger partial charge in [0.05, 0.1) is 0 Å². The predicted molar refractivity (Wildman–Crippen MR) is 57.5 cm³/mol. The van der Waals surface area contributed by atoms with E-state index in [1.54, 1.807) is 6.20 Å². The highest BCUT2D eigenvalue weighted by Crippen LogP contribution is 2.24. The van der Waals surface area contributed by atoms with E-state index in [-0.39, 0.29) is 0 Å². The first-order valence-electron chi connectivity index (χ1n) is 4.63. The molecule has 1 atom stereocenters. The molecule has 15 heavy (non-hydrogen) atoms. The minimum atomic E-state index is -1.01. The lowest BCUT2D eigenvalue weighted by molar-refractivity contribution is -0.138. The molecule has 0 saturated heterocycles. The number of hydrogen-bond acceptors (Lipinski definition) is 2. The second kappa shape index (κ2) is 3.40. The molecule has 1 aromatic heterocycles. The molecule has 0 radical (unpaired) electrons. The quantitative estimate of drug-likeness (QED) is 0.773. The molecule has 1 heterocycles. The monoisotopic (exact) mass is 204 g/mol. The number of fused-ring (bicyclic) bond motifs is 1. The van der Waals surface area contributed by atoms with Gasteiger partial charge in [-0.1, -0.05) is 18.2 Å². The summed E-state index contributed by atoms with van der Waals surface area (Å²) < 4.78 is 1.88. The molecule has 0 aliphatic carbocycles. The van der Waals surface area contributed by atoms with Gasteiger partial charge in [0.1, 0.15) is 6.04 Å². The van der Waals surface area contributed by atoms with Crippen LogP contribution in [0.25, 0.3) is 10.9 Å². The maximum Gasteiger partial charge on any atom is 0.325 e. The van der Waals surface area contributed by atoms with Crippen LogP contribution in [0.15, 0.2) is 30.5 Å². The van der Waals surface area contributed by atoms with Gasteiger partial charge in [-0.15, -0.1) is 0 Å². The number of hydrogen-bond donors (Lipinski definition) is 2. The Morgan fingerprint density at radius 2 is 2.13 bits per heavy atom. The van der Waals surface area contributed by atoms with Gasteiger partial charge in [0.15, 0.2) is 0 Å². The van der Waals surface area contributed by atoms with Crippen molar-refractivity contribution in [2.75, 3.05) is 0 Å². The van der Waals surface area contributed by atoms with Crippen molar-refractivity contribution in [3.05, 3.63) is 36.0 Å². The van der Waals surface area contributed by atoms with Crippen molar-refractivity contribution in [2.24, 2.45) is 12.8 Å². The summed E-state index contributed by atoms with van der Waals surface area (Å²) in [4.78, 5) is 10.8. The fraction of sp³-hybridized carbons (Fsp3) is 0.182. The molecule has 0 fully saturated rings. The lowest BCUT2D eigenvalue weighted by Gasteiger charge is -2.03. The molecule has 3 N–H and O–H groups in total. The predicted octanol–water partition coefficient (Wildman–Crippen LogP) is 1.26. The van der Waals surface area contributed by atoms with Crippen molar-refractivity contribution in [1.29, 1.82) is 0 Å². The lowest BCUT2D eigenvalue weighted by Crippen LogP contribution is -2.20. The number of nitrogens with two attached hydrogens (primary N) is 1. The summed E-state index contributed by atoms with van der Waals surface area (Å²) >= 11 is 0. The SMILES string of the molecule is Cn1cc([C@@H](N)C(=O)O)c2ccccc21. The molecular formula is C11H12N2O2. The van der Waals surface area contributed by atoms with E-state index >= 15 is 0 Å². The third-order valence-electron chi connectivity index (χ3n) is 2.53. The maximum atomic E-state index is 10.8. The molecule has 0 spiro atoms. The molecule has 4 heteroatoms. The van der Waals surface area contributed by atoms with Gasteiger partial charge in [-0.05, 0) is 6.07 Å². The first kappa shape index (κ1) is 9.73. The fourth-order valence-corrected chi connectivity index (χ4v) is 1.75. The van der Waals surface area contributed by atoms with Crippen LogP contribution in [0.5, 0.6) is 0 Å². The molecule has 2 rings (SSSR count). The van der Waals surface area contributed by atoms with E-state index in [0.29, 0.717) is 5.56 Å². The Labute approximate surface area is 86.9 Å². The summed E-state index contributed by atoms with van der Waals surface area (Å²) in [6.45, 7) is 0. The van der Waals surface area contributed by atoms with E-state index in [2.05, 4.69) is 0 Å². The molecule has 1 aromatic carbocycles. The van der Waals surface area contributed by atoms with E-state index in [1.807, 2.05) is 35.9 Å². The number of aromatic nitrogens is 1. The molecule has 2 aromatic rings. The number of aliphatic carboxylic acids is 1. The molecule has 0 aliphatic rings. The van der Waals surface area contributed by atoms with E-state index in [0.717, 1.165) is 10.9 Å². The second-order valence-electron chi connectivity index (χ2n) is 3.53. The van der Waals surface area contributed by atoms with Gasteiger partial charge in [0, 0.05) is 29.7 Å². The number of rotatable bonds is 2. The van der Waals surface area contributed by atoms with Gasteiger partial charge >= 0.3 is 5.97 Å². The van der Waals surface area contributed by atoms with Gasteiger partial charge < -0.3 is 15.4 Å². The lowest BCUT2D eigenvalue weighted by atomic mass is 10.1. The Bertz CT molecular complexity index is 516.